The summed E-state index contributed by atoms with van der Waals surface area (Å²) in [6.07, 6.45) is 2.00. The number of carbonyl (C=O) groups is 1. The molecule has 0 saturated heterocycles. The van der Waals surface area contributed by atoms with Gasteiger partial charge < -0.3 is 4.42 Å². The van der Waals surface area contributed by atoms with Gasteiger partial charge in [0, 0.05) is 17.8 Å². The van der Waals surface area contributed by atoms with Crippen LogP contribution < -0.4 is 0 Å². The summed E-state index contributed by atoms with van der Waals surface area (Å²) in [5.41, 5.74) is 1.48. The second-order valence-corrected chi connectivity index (χ2v) is 4.40. The van der Waals surface area contributed by atoms with Gasteiger partial charge in [-0.2, -0.15) is 0 Å². The number of ketones is 1. The van der Waals surface area contributed by atoms with Gasteiger partial charge in [-0.3, -0.25) is 4.79 Å². The third-order valence-corrected chi connectivity index (χ3v) is 2.71. The molecule has 0 amide bonds. The van der Waals surface area contributed by atoms with E-state index in [1.807, 2.05) is 24.3 Å². The maximum atomic E-state index is 11.0. The summed E-state index contributed by atoms with van der Waals surface area (Å²) in [7, 11) is 0. The summed E-state index contributed by atoms with van der Waals surface area (Å²) in [6, 6.07) is 7.90. The fraction of sp³-hybridized carbons (Fsp3) is 0.167. The molecule has 1 aromatic carbocycles. The number of rotatable bonds is 3. The molecule has 2 rings (SSSR count). The molecule has 1 aromatic heterocycles. The van der Waals surface area contributed by atoms with E-state index in [0.29, 0.717) is 18.0 Å². The molecule has 0 atom stereocenters. The van der Waals surface area contributed by atoms with Crippen molar-refractivity contribution in [1.29, 1.82) is 0 Å². The Morgan fingerprint density at radius 3 is 2.62 bits per heavy atom. The summed E-state index contributed by atoms with van der Waals surface area (Å²) in [6.45, 7) is 1.47. The van der Waals surface area contributed by atoms with Crippen LogP contribution in [0, 0.1) is 0 Å². The highest BCUT2D eigenvalue weighted by atomic mass is 79.9. The highest BCUT2D eigenvalue weighted by Crippen LogP contribution is 2.14. The second-order valence-electron chi connectivity index (χ2n) is 3.49. The number of Topliss-reactive ketones (excluding diaryl/α,β-unsaturated/α-hetero) is 1. The number of nitrogens with zero attached hydrogens (tertiary/aromatic N) is 1. The fourth-order valence-electron chi connectivity index (χ4n) is 1.33. The van der Waals surface area contributed by atoms with Gasteiger partial charge in [-0.15, -0.1) is 0 Å². The minimum absolute atomic E-state index is 0.0780. The molecule has 82 valence electrons. The number of hydrogen-bond donors (Lipinski definition) is 0. The highest BCUT2D eigenvalue weighted by Gasteiger charge is 2.08. The largest absolute Gasteiger partial charge is 0.448 e. The molecule has 1 heterocycles. The van der Waals surface area contributed by atoms with Gasteiger partial charge in [0.05, 0.1) is 0 Å². The van der Waals surface area contributed by atoms with Crippen LogP contribution in [0.5, 0.6) is 0 Å². The van der Waals surface area contributed by atoms with E-state index < -0.39 is 0 Å². The van der Waals surface area contributed by atoms with Gasteiger partial charge in [0.2, 0.25) is 0 Å². The number of benzene rings is 1. The summed E-state index contributed by atoms with van der Waals surface area (Å²) in [4.78, 5) is 15.1. The molecule has 0 aliphatic heterocycles. The van der Waals surface area contributed by atoms with E-state index in [0.717, 1.165) is 10.0 Å². The van der Waals surface area contributed by atoms with Crippen LogP contribution in [0.25, 0.3) is 0 Å². The van der Waals surface area contributed by atoms with E-state index >= 15 is 0 Å². The first-order chi connectivity index (χ1) is 7.65. The summed E-state index contributed by atoms with van der Waals surface area (Å²) in [5.74, 6) is 0.485. The van der Waals surface area contributed by atoms with Crippen LogP contribution in [0.4, 0.5) is 0 Å². The molecule has 16 heavy (non-hydrogen) atoms. The molecule has 4 heteroatoms. The van der Waals surface area contributed by atoms with Crippen LogP contribution in [0.3, 0.4) is 0 Å². The van der Waals surface area contributed by atoms with Gasteiger partial charge in [0.15, 0.2) is 11.7 Å². The summed E-state index contributed by atoms with van der Waals surface area (Å²) in [5, 5.41) is 0. The second kappa shape index (κ2) is 4.61. The quantitative estimate of drug-likeness (QED) is 0.811. The monoisotopic (exact) mass is 279 g/mol. The number of carbonyl (C=O) groups excluding carboxylic acids is 1. The number of oxazole rings is 1. The van der Waals surface area contributed by atoms with Crippen molar-refractivity contribution in [3.63, 3.8) is 0 Å². The topological polar surface area (TPSA) is 43.1 Å². The molecule has 0 spiro atoms. The molecule has 0 aliphatic carbocycles. The van der Waals surface area contributed by atoms with Gasteiger partial charge in [-0.1, -0.05) is 28.1 Å². The molecular weight excluding hydrogens is 270 g/mol. The smallest absolute Gasteiger partial charge is 0.199 e. The number of aromatic nitrogens is 1. The van der Waals surface area contributed by atoms with Crippen LogP contribution in [-0.2, 0) is 6.42 Å². The third kappa shape index (κ3) is 2.58. The van der Waals surface area contributed by atoms with Crippen molar-refractivity contribution in [2.24, 2.45) is 0 Å². The van der Waals surface area contributed by atoms with E-state index in [1.54, 1.807) is 0 Å². The Kier molecular flexibility index (Phi) is 3.19. The lowest BCUT2D eigenvalue weighted by atomic mass is 10.1. The van der Waals surface area contributed by atoms with E-state index in [9.17, 15) is 4.79 Å². The predicted molar refractivity (Wildman–Crippen MR) is 63.5 cm³/mol. The zero-order valence-corrected chi connectivity index (χ0v) is 10.3. The van der Waals surface area contributed by atoms with Crippen molar-refractivity contribution in [1.82, 2.24) is 4.98 Å². The van der Waals surface area contributed by atoms with E-state index in [2.05, 4.69) is 20.9 Å². The first-order valence-corrected chi connectivity index (χ1v) is 5.64. The van der Waals surface area contributed by atoms with Crippen molar-refractivity contribution in [2.45, 2.75) is 13.3 Å². The highest BCUT2D eigenvalue weighted by molar-refractivity contribution is 9.10. The molecule has 0 fully saturated rings. The maximum absolute atomic E-state index is 11.0. The number of halogens is 1. The molecular formula is C12H10BrNO2. The Morgan fingerprint density at radius 2 is 2.06 bits per heavy atom. The van der Waals surface area contributed by atoms with Crippen LogP contribution in [0.1, 0.15) is 28.9 Å². The zero-order chi connectivity index (χ0) is 11.5. The number of hydrogen-bond acceptors (Lipinski definition) is 3. The van der Waals surface area contributed by atoms with Gasteiger partial charge >= 0.3 is 0 Å². The van der Waals surface area contributed by atoms with Gasteiger partial charge in [-0.25, -0.2) is 4.98 Å². The first-order valence-electron chi connectivity index (χ1n) is 4.85. The van der Waals surface area contributed by atoms with Gasteiger partial charge in [0.1, 0.15) is 12.0 Å². The van der Waals surface area contributed by atoms with Crippen molar-refractivity contribution in [2.75, 3.05) is 0 Å². The molecule has 0 bridgehead atoms. The minimum Gasteiger partial charge on any atom is -0.448 e. The van der Waals surface area contributed by atoms with Gasteiger partial charge in [-0.05, 0) is 17.7 Å². The Hall–Kier alpha value is -1.42. The maximum Gasteiger partial charge on any atom is 0.199 e. The van der Waals surface area contributed by atoms with Crippen molar-refractivity contribution in [3.05, 3.63) is 52.1 Å². The van der Waals surface area contributed by atoms with Crippen molar-refractivity contribution in [3.8, 4) is 0 Å². The predicted octanol–water partition coefficient (Wildman–Crippen LogP) is 3.23. The lowest BCUT2D eigenvalue weighted by Crippen LogP contribution is -1.93. The van der Waals surface area contributed by atoms with Crippen molar-refractivity contribution >= 4 is 21.7 Å². The summed E-state index contributed by atoms with van der Waals surface area (Å²) < 4.78 is 6.25. The minimum atomic E-state index is -0.0780. The Labute approximate surface area is 102 Å². The third-order valence-electron chi connectivity index (χ3n) is 2.18. The zero-order valence-electron chi connectivity index (χ0n) is 8.74. The molecule has 0 saturated carbocycles. The average Bonchev–Trinajstić information content (AvgIpc) is 2.70. The lowest BCUT2D eigenvalue weighted by molar-refractivity contribution is 0.101. The van der Waals surface area contributed by atoms with Crippen LogP contribution in [0.2, 0.25) is 0 Å². The normalized spacial score (nSPS) is 10.4. The van der Waals surface area contributed by atoms with E-state index in [-0.39, 0.29) is 5.78 Å². The molecule has 3 nitrogen and oxygen atoms in total. The average molecular weight is 280 g/mol. The summed E-state index contributed by atoms with van der Waals surface area (Å²) >= 11 is 3.37. The molecule has 0 aliphatic rings. The Morgan fingerprint density at radius 1 is 1.38 bits per heavy atom. The van der Waals surface area contributed by atoms with Crippen LogP contribution in [-0.4, -0.2) is 10.8 Å². The molecule has 2 aromatic rings. The molecule has 0 radical (unpaired) electrons. The SMILES string of the molecule is CC(=O)c1coc(Cc2ccc(Br)cc2)n1. The van der Waals surface area contributed by atoms with E-state index in [1.165, 1.54) is 13.2 Å². The Balaban J connectivity index is 2.14. The van der Waals surface area contributed by atoms with Crippen LogP contribution >= 0.6 is 15.9 Å². The van der Waals surface area contributed by atoms with E-state index in [4.69, 9.17) is 4.42 Å². The van der Waals surface area contributed by atoms with Gasteiger partial charge in [0.25, 0.3) is 0 Å². The molecule has 0 unspecified atom stereocenters. The standard InChI is InChI=1S/C12H10BrNO2/c1-8(15)11-7-16-12(14-11)6-9-2-4-10(13)5-3-9/h2-5,7H,6H2,1H3. The fourth-order valence-corrected chi connectivity index (χ4v) is 1.59. The van der Waals surface area contributed by atoms with Crippen LogP contribution in [0.15, 0.2) is 39.4 Å². The lowest BCUT2D eigenvalue weighted by Gasteiger charge is -1.96. The molecule has 0 N–H and O–H groups in total. The Bertz CT molecular complexity index is 502. The van der Waals surface area contributed by atoms with Crippen molar-refractivity contribution < 1.29 is 9.21 Å². The first kappa shape index (κ1) is 11.1.